The standard InChI is InChI=1S/C14H12BrClFN/c1-18-8-9-2-4-11(13(16)6-9)12-7-10(15)3-5-14(12)17/h2-7,18H,8H2,1H3. The topological polar surface area (TPSA) is 12.0 Å². The summed E-state index contributed by atoms with van der Waals surface area (Å²) in [7, 11) is 1.87. The molecule has 0 aliphatic carbocycles. The van der Waals surface area contributed by atoms with Crippen molar-refractivity contribution in [2.45, 2.75) is 6.54 Å². The molecular weight excluding hydrogens is 317 g/mol. The highest BCUT2D eigenvalue weighted by atomic mass is 79.9. The van der Waals surface area contributed by atoms with Crippen molar-refractivity contribution in [3.63, 3.8) is 0 Å². The van der Waals surface area contributed by atoms with E-state index < -0.39 is 0 Å². The number of hydrogen-bond acceptors (Lipinski definition) is 1. The van der Waals surface area contributed by atoms with Crippen molar-refractivity contribution in [1.82, 2.24) is 5.32 Å². The Kier molecular flexibility index (Phi) is 4.38. The summed E-state index contributed by atoms with van der Waals surface area (Å²) >= 11 is 9.55. The second kappa shape index (κ2) is 5.83. The van der Waals surface area contributed by atoms with E-state index in [0.717, 1.165) is 16.6 Å². The second-order valence-corrected chi connectivity index (χ2v) is 5.29. The molecule has 2 aromatic rings. The molecule has 18 heavy (non-hydrogen) atoms. The number of rotatable bonds is 3. The van der Waals surface area contributed by atoms with E-state index in [1.54, 1.807) is 12.1 Å². The van der Waals surface area contributed by atoms with Gasteiger partial charge in [0.1, 0.15) is 5.82 Å². The molecule has 4 heteroatoms. The minimum absolute atomic E-state index is 0.276. The molecule has 2 rings (SSSR count). The largest absolute Gasteiger partial charge is 0.316 e. The Morgan fingerprint density at radius 3 is 2.61 bits per heavy atom. The predicted molar refractivity (Wildman–Crippen MR) is 77.3 cm³/mol. The molecule has 0 saturated carbocycles. The van der Waals surface area contributed by atoms with E-state index in [9.17, 15) is 4.39 Å². The van der Waals surface area contributed by atoms with E-state index in [2.05, 4.69) is 21.2 Å². The number of nitrogens with one attached hydrogen (secondary N) is 1. The Morgan fingerprint density at radius 2 is 1.94 bits per heavy atom. The SMILES string of the molecule is CNCc1ccc(-c2cc(Br)ccc2F)c(Cl)c1. The summed E-state index contributed by atoms with van der Waals surface area (Å²) < 4.78 is 14.6. The molecule has 0 heterocycles. The Morgan fingerprint density at radius 1 is 1.17 bits per heavy atom. The maximum Gasteiger partial charge on any atom is 0.131 e. The molecule has 0 amide bonds. The molecule has 0 bridgehead atoms. The first-order valence-corrected chi connectivity index (χ1v) is 6.67. The maximum absolute atomic E-state index is 13.8. The Bertz CT molecular complexity index is 572. The lowest BCUT2D eigenvalue weighted by atomic mass is 10.0. The lowest BCUT2D eigenvalue weighted by Crippen LogP contribution is -2.04. The Hall–Kier alpha value is -0.900. The van der Waals surface area contributed by atoms with Gasteiger partial charge in [0.2, 0.25) is 0 Å². The zero-order chi connectivity index (χ0) is 13.1. The zero-order valence-corrected chi connectivity index (χ0v) is 12.1. The quantitative estimate of drug-likeness (QED) is 0.866. The Labute approximate surface area is 119 Å². The molecule has 0 aliphatic rings. The number of halogens is 3. The lowest BCUT2D eigenvalue weighted by molar-refractivity contribution is 0.631. The minimum Gasteiger partial charge on any atom is -0.316 e. The fraction of sp³-hybridized carbons (Fsp3) is 0.143. The second-order valence-electron chi connectivity index (χ2n) is 3.97. The van der Waals surface area contributed by atoms with Crippen LogP contribution >= 0.6 is 27.5 Å². The molecule has 0 aliphatic heterocycles. The lowest BCUT2D eigenvalue weighted by Gasteiger charge is -2.09. The van der Waals surface area contributed by atoms with Crippen molar-refractivity contribution in [3.8, 4) is 11.1 Å². The Balaban J connectivity index is 2.47. The summed E-state index contributed by atoms with van der Waals surface area (Å²) in [5, 5.41) is 3.61. The normalized spacial score (nSPS) is 10.7. The van der Waals surface area contributed by atoms with Gasteiger partial charge in [-0.15, -0.1) is 0 Å². The molecule has 0 atom stereocenters. The van der Waals surface area contributed by atoms with Gasteiger partial charge < -0.3 is 5.32 Å². The first-order valence-electron chi connectivity index (χ1n) is 5.50. The zero-order valence-electron chi connectivity index (χ0n) is 9.81. The molecule has 0 saturated heterocycles. The van der Waals surface area contributed by atoms with Gasteiger partial charge in [0, 0.05) is 27.2 Å². The van der Waals surface area contributed by atoms with Crippen molar-refractivity contribution in [1.29, 1.82) is 0 Å². The monoisotopic (exact) mass is 327 g/mol. The van der Waals surface area contributed by atoms with Crippen molar-refractivity contribution < 1.29 is 4.39 Å². The van der Waals surface area contributed by atoms with Crippen LogP contribution in [0.5, 0.6) is 0 Å². The molecule has 2 aromatic carbocycles. The number of hydrogen-bond donors (Lipinski definition) is 1. The van der Waals surface area contributed by atoms with Crippen LogP contribution in [0.1, 0.15) is 5.56 Å². The van der Waals surface area contributed by atoms with Gasteiger partial charge in [-0.2, -0.15) is 0 Å². The fourth-order valence-corrected chi connectivity index (χ4v) is 2.46. The smallest absolute Gasteiger partial charge is 0.131 e. The van der Waals surface area contributed by atoms with Crippen LogP contribution in [-0.2, 0) is 6.54 Å². The molecule has 0 radical (unpaired) electrons. The van der Waals surface area contributed by atoms with Crippen molar-refractivity contribution >= 4 is 27.5 Å². The molecule has 0 spiro atoms. The van der Waals surface area contributed by atoms with Crippen molar-refractivity contribution in [2.75, 3.05) is 7.05 Å². The van der Waals surface area contributed by atoms with Gasteiger partial charge in [-0.3, -0.25) is 0 Å². The fourth-order valence-electron chi connectivity index (χ4n) is 1.80. The summed E-state index contributed by atoms with van der Waals surface area (Å²) in [6.45, 7) is 0.737. The van der Waals surface area contributed by atoms with Gasteiger partial charge in [-0.05, 0) is 36.9 Å². The number of benzene rings is 2. The van der Waals surface area contributed by atoms with Crippen molar-refractivity contribution in [2.24, 2.45) is 0 Å². The van der Waals surface area contributed by atoms with Crippen LogP contribution in [0.2, 0.25) is 5.02 Å². The molecule has 0 unspecified atom stereocenters. The average Bonchev–Trinajstić information content (AvgIpc) is 2.33. The van der Waals surface area contributed by atoms with Gasteiger partial charge in [0.15, 0.2) is 0 Å². The summed E-state index contributed by atoms with van der Waals surface area (Å²) in [6.07, 6.45) is 0. The highest BCUT2D eigenvalue weighted by molar-refractivity contribution is 9.10. The van der Waals surface area contributed by atoms with E-state index in [1.807, 2.05) is 25.2 Å². The van der Waals surface area contributed by atoms with E-state index >= 15 is 0 Å². The van der Waals surface area contributed by atoms with E-state index in [-0.39, 0.29) is 5.82 Å². The molecule has 0 fully saturated rings. The van der Waals surface area contributed by atoms with Crippen molar-refractivity contribution in [3.05, 3.63) is 57.3 Å². The van der Waals surface area contributed by atoms with E-state index in [1.165, 1.54) is 6.07 Å². The molecule has 1 N–H and O–H groups in total. The van der Waals surface area contributed by atoms with Crippen LogP contribution in [-0.4, -0.2) is 7.05 Å². The average molecular weight is 329 g/mol. The maximum atomic E-state index is 13.8. The van der Waals surface area contributed by atoms with Gasteiger partial charge in [-0.1, -0.05) is 39.7 Å². The van der Waals surface area contributed by atoms with Crippen LogP contribution in [0, 0.1) is 5.82 Å². The highest BCUT2D eigenvalue weighted by Gasteiger charge is 2.10. The first-order chi connectivity index (χ1) is 8.61. The van der Waals surface area contributed by atoms with Crippen LogP contribution in [0.25, 0.3) is 11.1 Å². The van der Waals surface area contributed by atoms with Gasteiger partial charge >= 0.3 is 0 Å². The molecule has 1 nitrogen and oxygen atoms in total. The van der Waals surface area contributed by atoms with E-state index in [4.69, 9.17) is 11.6 Å². The van der Waals surface area contributed by atoms with Crippen LogP contribution in [0.15, 0.2) is 40.9 Å². The van der Waals surface area contributed by atoms with Gasteiger partial charge in [-0.25, -0.2) is 4.39 Å². The van der Waals surface area contributed by atoms with Crippen LogP contribution in [0.3, 0.4) is 0 Å². The summed E-state index contributed by atoms with van der Waals surface area (Å²) in [5.41, 5.74) is 2.28. The third-order valence-electron chi connectivity index (χ3n) is 2.63. The predicted octanol–water partition coefficient (Wildman–Crippen LogP) is 4.63. The summed E-state index contributed by atoms with van der Waals surface area (Å²) in [5.74, 6) is -0.276. The van der Waals surface area contributed by atoms with Gasteiger partial charge in [0.05, 0.1) is 0 Å². The third-order valence-corrected chi connectivity index (χ3v) is 3.44. The summed E-state index contributed by atoms with van der Waals surface area (Å²) in [6, 6.07) is 10.5. The van der Waals surface area contributed by atoms with Crippen LogP contribution in [0.4, 0.5) is 4.39 Å². The minimum atomic E-state index is -0.276. The highest BCUT2D eigenvalue weighted by Crippen LogP contribution is 2.32. The van der Waals surface area contributed by atoms with Gasteiger partial charge in [0.25, 0.3) is 0 Å². The third kappa shape index (κ3) is 2.91. The molecule has 0 aromatic heterocycles. The summed E-state index contributed by atoms with van der Waals surface area (Å²) in [4.78, 5) is 0. The first kappa shape index (κ1) is 13.5. The molecular formula is C14H12BrClFN. The van der Waals surface area contributed by atoms with E-state index in [0.29, 0.717) is 16.1 Å². The molecule has 94 valence electrons. The van der Waals surface area contributed by atoms with Crippen LogP contribution < -0.4 is 5.32 Å².